The van der Waals surface area contributed by atoms with Gasteiger partial charge in [0.25, 0.3) is 0 Å². The summed E-state index contributed by atoms with van der Waals surface area (Å²) in [5, 5.41) is 8.65. The van der Waals surface area contributed by atoms with Gasteiger partial charge in [0.1, 0.15) is 0 Å². The Morgan fingerprint density at radius 1 is 1.58 bits per heavy atom. The van der Waals surface area contributed by atoms with Crippen LogP contribution in [0.1, 0.15) is 20.8 Å². The van der Waals surface area contributed by atoms with E-state index in [1.807, 2.05) is 0 Å². The van der Waals surface area contributed by atoms with Crippen LogP contribution in [0.5, 0.6) is 0 Å². The van der Waals surface area contributed by atoms with Crippen molar-refractivity contribution in [2.45, 2.75) is 20.8 Å². The number of carboxylic acid groups (broad SMARTS) is 1. The van der Waals surface area contributed by atoms with Gasteiger partial charge >= 0.3 is 5.97 Å². The summed E-state index contributed by atoms with van der Waals surface area (Å²) in [4.78, 5) is 12.7. The Morgan fingerprint density at radius 3 is 2.42 bits per heavy atom. The predicted molar refractivity (Wildman–Crippen MR) is 47.0 cm³/mol. The van der Waals surface area contributed by atoms with Crippen LogP contribution in [0.15, 0.2) is 0 Å². The van der Waals surface area contributed by atoms with Crippen molar-refractivity contribution in [2.75, 3.05) is 19.6 Å². The van der Waals surface area contributed by atoms with Crippen LogP contribution < -0.4 is 0 Å². The van der Waals surface area contributed by atoms with E-state index in [9.17, 15) is 4.79 Å². The third-order valence-electron chi connectivity index (χ3n) is 2.26. The first-order valence-electron chi connectivity index (χ1n) is 4.36. The smallest absolute Gasteiger partial charge is 0.307 e. The standard InChI is InChI=1S/C9H17NO2/c1-7(8(11)12)4-10-5-9(2,3)6-10/h7H,4-6H2,1-3H3,(H,11,12). The average molecular weight is 171 g/mol. The number of aliphatic carboxylic acids is 1. The molecular formula is C9H17NO2. The molecular weight excluding hydrogens is 154 g/mol. The molecule has 0 aromatic rings. The number of nitrogens with zero attached hydrogens (tertiary/aromatic N) is 1. The van der Waals surface area contributed by atoms with Crippen molar-refractivity contribution in [1.29, 1.82) is 0 Å². The molecule has 0 spiro atoms. The molecule has 1 rings (SSSR count). The topological polar surface area (TPSA) is 40.5 Å². The molecule has 1 aliphatic heterocycles. The maximum atomic E-state index is 10.5. The molecule has 1 heterocycles. The van der Waals surface area contributed by atoms with Gasteiger partial charge in [-0.2, -0.15) is 0 Å². The fourth-order valence-electron chi connectivity index (χ4n) is 1.76. The Balaban J connectivity index is 2.23. The van der Waals surface area contributed by atoms with Crippen molar-refractivity contribution in [3.05, 3.63) is 0 Å². The lowest BCUT2D eigenvalue weighted by Gasteiger charge is -2.46. The van der Waals surface area contributed by atoms with Crippen molar-refractivity contribution >= 4 is 5.97 Å². The molecule has 0 aromatic carbocycles. The highest BCUT2D eigenvalue weighted by molar-refractivity contribution is 5.69. The summed E-state index contributed by atoms with van der Waals surface area (Å²) in [7, 11) is 0. The number of carboxylic acids is 1. The van der Waals surface area contributed by atoms with Crippen LogP contribution in [0.25, 0.3) is 0 Å². The van der Waals surface area contributed by atoms with Gasteiger partial charge in [-0.05, 0) is 5.41 Å². The van der Waals surface area contributed by atoms with Crippen molar-refractivity contribution in [3.8, 4) is 0 Å². The summed E-state index contributed by atoms with van der Waals surface area (Å²) < 4.78 is 0. The lowest BCUT2D eigenvalue weighted by molar-refractivity contribution is -0.142. The minimum Gasteiger partial charge on any atom is -0.481 e. The van der Waals surface area contributed by atoms with Crippen molar-refractivity contribution in [2.24, 2.45) is 11.3 Å². The van der Waals surface area contributed by atoms with Gasteiger partial charge in [-0.15, -0.1) is 0 Å². The fourth-order valence-corrected chi connectivity index (χ4v) is 1.76. The highest BCUT2D eigenvalue weighted by Crippen LogP contribution is 2.28. The van der Waals surface area contributed by atoms with Crippen LogP contribution >= 0.6 is 0 Å². The van der Waals surface area contributed by atoms with Crippen LogP contribution in [0, 0.1) is 11.3 Å². The molecule has 1 unspecified atom stereocenters. The van der Waals surface area contributed by atoms with E-state index in [4.69, 9.17) is 5.11 Å². The fraction of sp³-hybridized carbons (Fsp3) is 0.889. The minimum atomic E-state index is -0.695. The first kappa shape index (κ1) is 9.52. The van der Waals surface area contributed by atoms with Crippen molar-refractivity contribution in [3.63, 3.8) is 0 Å². The zero-order chi connectivity index (χ0) is 9.35. The SMILES string of the molecule is CC(CN1CC(C)(C)C1)C(=O)O. The Labute approximate surface area is 73.4 Å². The monoisotopic (exact) mass is 171 g/mol. The summed E-state index contributed by atoms with van der Waals surface area (Å²) in [5.74, 6) is -0.930. The van der Waals surface area contributed by atoms with Gasteiger partial charge in [-0.25, -0.2) is 0 Å². The summed E-state index contributed by atoms with van der Waals surface area (Å²) in [6.07, 6.45) is 0. The maximum Gasteiger partial charge on any atom is 0.307 e. The molecule has 0 aromatic heterocycles. The number of likely N-dealkylation sites (tertiary alicyclic amines) is 1. The van der Waals surface area contributed by atoms with Crippen LogP contribution in [0.2, 0.25) is 0 Å². The summed E-state index contributed by atoms with van der Waals surface area (Å²) >= 11 is 0. The van der Waals surface area contributed by atoms with E-state index < -0.39 is 5.97 Å². The van der Waals surface area contributed by atoms with Crippen LogP contribution in [-0.2, 0) is 4.79 Å². The minimum absolute atomic E-state index is 0.235. The van der Waals surface area contributed by atoms with Crippen molar-refractivity contribution < 1.29 is 9.90 Å². The molecule has 3 heteroatoms. The van der Waals surface area contributed by atoms with Crippen LogP contribution in [0.4, 0.5) is 0 Å². The normalized spacial score (nSPS) is 24.6. The van der Waals surface area contributed by atoms with E-state index in [0.717, 1.165) is 13.1 Å². The van der Waals surface area contributed by atoms with Gasteiger partial charge in [0, 0.05) is 19.6 Å². The van der Waals surface area contributed by atoms with E-state index in [-0.39, 0.29) is 5.92 Å². The van der Waals surface area contributed by atoms with E-state index in [1.54, 1.807) is 6.92 Å². The zero-order valence-corrected chi connectivity index (χ0v) is 8.00. The second-order valence-corrected chi connectivity index (χ2v) is 4.57. The maximum absolute atomic E-state index is 10.5. The highest BCUT2D eigenvalue weighted by Gasteiger charge is 2.35. The van der Waals surface area contributed by atoms with Gasteiger partial charge in [0.2, 0.25) is 0 Å². The van der Waals surface area contributed by atoms with Crippen molar-refractivity contribution in [1.82, 2.24) is 4.90 Å². The molecule has 1 aliphatic rings. The zero-order valence-electron chi connectivity index (χ0n) is 8.00. The predicted octanol–water partition coefficient (Wildman–Crippen LogP) is 1.05. The molecule has 1 atom stereocenters. The quantitative estimate of drug-likeness (QED) is 0.690. The van der Waals surface area contributed by atoms with Gasteiger partial charge in [0.05, 0.1) is 5.92 Å². The van der Waals surface area contributed by atoms with E-state index in [1.165, 1.54) is 0 Å². The Bertz CT molecular complexity index is 181. The molecule has 70 valence electrons. The Hall–Kier alpha value is -0.570. The van der Waals surface area contributed by atoms with E-state index in [0.29, 0.717) is 12.0 Å². The molecule has 0 bridgehead atoms. The molecule has 0 aliphatic carbocycles. The number of carbonyl (C=O) groups is 1. The van der Waals surface area contributed by atoms with Gasteiger partial charge in [-0.3, -0.25) is 4.79 Å². The average Bonchev–Trinajstić information content (AvgIpc) is 1.83. The van der Waals surface area contributed by atoms with Gasteiger partial charge in [-0.1, -0.05) is 20.8 Å². The van der Waals surface area contributed by atoms with E-state index in [2.05, 4.69) is 18.7 Å². The molecule has 0 radical (unpaired) electrons. The first-order valence-corrected chi connectivity index (χ1v) is 4.36. The second-order valence-electron chi connectivity index (χ2n) is 4.57. The molecule has 12 heavy (non-hydrogen) atoms. The Kier molecular flexibility index (Phi) is 2.42. The van der Waals surface area contributed by atoms with Gasteiger partial charge in [0.15, 0.2) is 0 Å². The summed E-state index contributed by atoms with van der Waals surface area (Å²) in [5.41, 5.74) is 0.401. The third kappa shape index (κ3) is 2.21. The molecule has 0 amide bonds. The molecule has 1 N–H and O–H groups in total. The van der Waals surface area contributed by atoms with Crippen LogP contribution in [0.3, 0.4) is 0 Å². The largest absolute Gasteiger partial charge is 0.481 e. The lowest BCUT2D eigenvalue weighted by Crippen LogP contribution is -2.54. The van der Waals surface area contributed by atoms with Gasteiger partial charge < -0.3 is 10.0 Å². The third-order valence-corrected chi connectivity index (χ3v) is 2.26. The molecule has 0 saturated carbocycles. The molecule has 3 nitrogen and oxygen atoms in total. The first-order chi connectivity index (χ1) is 5.41. The molecule has 1 saturated heterocycles. The number of rotatable bonds is 3. The number of hydrogen-bond donors (Lipinski definition) is 1. The van der Waals surface area contributed by atoms with E-state index >= 15 is 0 Å². The summed E-state index contributed by atoms with van der Waals surface area (Å²) in [6, 6.07) is 0. The second kappa shape index (κ2) is 3.05. The highest BCUT2D eigenvalue weighted by atomic mass is 16.4. The lowest BCUT2D eigenvalue weighted by atomic mass is 9.84. The van der Waals surface area contributed by atoms with Crippen LogP contribution in [-0.4, -0.2) is 35.6 Å². The summed E-state index contributed by atoms with van der Waals surface area (Å²) in [6.45, 7) is 8.92. The molecule has 1 fully saturated rings. The Morgan fingerprint density at radius 2 is 2.08 bits per heavy atom. The number of hydrogen-bond acceptors (Lipinski definition) is 2.